The highest BCUT2D eigenvalue weighted by Crippen LogP contribution is 2.34. The summed E-state index contributed by atoms with van der Waals surface area (Å²) < 4.78 is 9.76. The van der Waals surface area contributed by atoms with Gasteiger partial charge in [-0.3, -0.25) is 14.5 Å². The van der Waals surface area contributed by atoms with E-state index in [1.54, 1.807) is 0 Å². The Morgan fingerprint density at radius 1 is 1.05 bits per heavy atom. The molecule has 0 spiro atoms. The maximum absolute atomic E-state index is 12.0. The number of carbonyl (C=O) groups excluding carboxylic acids is 2. The van der Waals surface area contributed by atoms with Crippen LogP contribution in [0.25, 0.3) is 0 Å². The zero-order chi connectivity index (χ0) is 15.4. The molecule has 5 heteroatoms. The lowest BCUT2D eigenvalue weighted by Crippen LogP contribution is -2.46. The number of carbonyl (C=O) groups is 2. The predicted molar refractivity (Wildman–Crippen MR) is 77.5 cm³/mol. The summed E-state index contributed by atoms with van der Waals surface area (Å²) in [7, 11) is 2.75. The first-order valence-corrected chi connectivity index (χ1v) is 7.08. The van der Waals surface area contributed by atoms with Gasteiger partial charge in [0.15, 0.2) is 0 Å². The third kappa shape index (κ3) is 3.08. The molecule has 21 heavy (non-hydrogen) atoms. The summed E-state index contributed by atoms with van der Waals surface area (Å²) in [6, 6.07) is 8.93. The Bertz CT molecular complexity index is 478. The van der Waals surface area contributed by atoms with Crippen LogP contribution in [0.5, 0.6) is 0 Å². The average molecular weight is 291 g/mol. The number of rotatable bonds is 4. The predicted octanol–water partition coefficient (Wildman–Crippen LogP) is 1.93. The van der Waals surface area contributed by atoms with Gasteiger partial charge in [0.1, 0.15) is 12.1 Å². The van der Waals surface area contributed by atoms with Crippen LogP contribution in [0.15, 0.2) is 30.3 Å². The average Bonchev–Trinajstić information content (AvgIpc) is 2.98. The van der Waals surface area contributed by atoms with Crippen molar-refractivity contribution in [3.05, 3.63) is 35.9 Å². The third-order valence-corrected chi connectivity index (χ3v) is 4.11. The molecule has 0 amide bonds. The molecule has 1 fully saturated rings. The molecule has 1 aliphatic rings. The van der Waals surface area contributed by atoms with Gasteiger partial charge in [0.05, 0.1) is 14.2 Å². The first-order chi connectivity index (χ1) is 10.1. The lowest BCUT2D eigenvalue weighted by Gasteiger charge is -2.33. The van der Waals surface area contributed by atoms with Crippen molar-refractivity contribution in [1.82, 2.24) is 4.90 Å². The van der Waals surface area contributed by atoms with E-state index in [2.05, 4.69) is 0 Å². The van der Waals surface area contributed by atoms with Crippen molar-refractivity contribution in [3.8, 4) is 0 Å². The second kappa shape index (κ2) is 6.72. The number of methoxy groups -OCH3 is 2. The molecule has 0 unspecified atom stereocenters. The van der Waals surface area contributed by atoms with E-state index < -0.39 is 12.1 Å². The van der Waals surface area contributed by atoms with Crippen molar-refractivity contribution in [3.63, 3.8) is 0 Å². The van der Waals surface area contributed by atoms with Gasteiger partial charge >= 0.3 is 11.9 Å². The Morgan fingerprint density at radius 2 is 1.52 bits per heavy atom. The topological polar surface area (TPSA) is 55.8 Å². The fourth-order valence-electron chi connectivity index (χ4n) is 3.03. The molecule has 0 bridgehead atoms. The molecule has 1 aromatic carbocycles. The van der Waals surface area contributed by atoms with Crippen LogP contribution in [0.3, 0.4) is 0 Å². The molecule has 0 radical (unpaired) electrons. The fourth-order valence-corrected chi connectivity index (χ4v) is 3.03. The molecule has 114 valence electrons. The quantitative estimate of drug-likeness (QED) is 0.793. The Labute approximate surface area is 124 Å². The molecule has 3 atom stereocenters. The monoisotopic (exact) mass is 291 g/mol. The smallest absolute Gasteiger partial charge is 0.323 e. The first-order valence-electron chi connectivity index (χ1n) is 7.08. The van der Waals surface area contributed by atoms with Crippen molar-refractivity contribution < 1.29 is 19.1 Å². The van der Waals surface area contributed by atoms with Crippen molar-refractivity contribution in [1.29, 1.82) is 0 Å². The van der Waals surface area contributed by atoms with E-state index in [4.69, 9.17) is 9.47 Å². The van der Waals surface area contributed by atoms with Crippen LogP contribution in [0.1, 0.15) is 31.4 Å². The molecule has 1 saturated heterocycles. The Hall–Kier alpha value is -1.88. The van der Waals surface area contributed by atoms with Crippen LogP contribution in [0, 0.1) is 0 Å². The minimum absolute atomic E-state index is 0.0677. The lowest BCUT2D eigenvalue weighted by atomic mass is 10.0. The summed E-state index contributed by atoms with van der Waals surface area (Å²) in [4.78, 5) is 25.9. The molecular weight excluding hydrogens is 270 g/mol. The fraction of sp³-hybridized carbons (Fsp3) is 0.500. The van der Waals surface area contributed by atoms with Gasteiger partial charge in [-0.05, 0) is 25.3 Å². The molecule has 1 aromatic rings. The van der Waals surface area contributed by atoms with Crippen molar-refractivity contribution in [2.24, 2.45) is 0 Å². The minimum atomic E-state index is -0.408. The number of esters is 2. The van der Waals surface area contributed by atoms with Crippen LogP contribution < -0.4 is 0 Å². The Morgan fingerprint density at radius 3 is 1.95 bits per heavy atom. The molecule has 1 aliphatic heterocycles. The number of likely N-dealkylation sites (tertiary alicyclic amines) is 1. The van der Waals surface area contributed by atoms with E-state index in [1.165, 1.54) is 14.2 Å². The molecule has 0 aromatic heterocycles. The van der Waals surface area contributed by atoms with Gasteiger partial charge < -0.3 is 9.47 Å². The molecule has 0 N–H and O–H groups in total. The number of ether oxygens (including phenoxy) is 2. The van der Waals surface area contributed by atoms with E-state index in [0.717, 1.165) is 5.56 Å². The lowest BCUT2D eigenvalue weighted by molar-refractivity contribution is -0.152. The third-order valence-electron chi connectivity index (χ3n) is 4.11. The summed E-state index contributed by atoms with van der Waals surface area (Å²) in [6.45, 7) is 1.99. The summed E-state index contributed by atoms with van der Waals surface area (Å²) in [6.07, 6.45) is 1.20. The van der Waals surface area contributed by atoms with Gasteiger partial charge in [-0.1, -0.05) is 30.3 Å². The normalized spacial score (nSPS) is 23.6. The van der Waals surface area contributed by atoms with E-state index in [0.29, 0.717) is 12.8 Å². The van der Waals surface area contributed by atoms with Gasteiger partial charge in [-0.2, -0.15) is 0 Å². The van der Waals surface area contributed by atoms with E-state index in [9.17, 15) is 9.59 Å². The number of benzene rings is 1. The second-order valence-electron chi connectivity index (χ2n) is 5.19. The summed E-state index contributed by atoms with van der Waals surface area (Å²) in [5.74, 6) is -0.603. The maximum Gasteiger partial charge on any atom is 0.323 e. The highest BCUT2D eigenvalue weighted by molar-refractivity contribution is 5.81. The highest BCUT2D eigenvalue weighted by atomic mass is 16.5. The van der Waals surface area contributed by atoms with Crippen LogP contribution >= 0.6 is 0 Å². The molecule has 0 saturated carbocycles. The zero-order valence-electron chi connectivity index (χ0n) is 12.6. The maximum atomic E-state index is 12.0. The zero-order valence-corrected chi connectivity index (χ0v) is 12.6. The van der Waals surface area contributed by atoms with Crippen LogP contribution in [-0.4, -0.2) is 43.1 Å². The summed E-state index contributed by atoms with van der Waals surface area (Å²) >= 11 is 0. The van der Waals surface area contributed by atoms with Crippen molar-refractivity contribution in [2.75, 3.05) is 14.2 Å². The van der Waals surface area contributed by atoms with Crippen molar-refractivity contribution in [2.45, 2.75) is 37.9 Å². The first kappa shape index (κ1) is 15.5. The number of hydrogen-bond acceptors (Lipinski definition) is 5. The van der Waals surface area contributed by atoms with Gasteiger partial charge in [-0.15, -0.1) is 0 Å². The highest BCUT2D eigenvalue weighted by Gasteiger charge is 2.45. The Balaban J connectivity index is 2.31. The number of hydrogen-bond donors (Lipinski definition) is 0. The molecule has 1 heterocycles. The van der Waals surface area contributed by atoms with Gasteiger partial charge in [0, 0.05) is 6.04 Å². The standard InChI is InChI=1S/C16H21NO4/c1-11(12-7-5-4-6-8-12)17-13(15(18)20-2)9-10-14(17)16(19)21-3/h4-8,11,13-14H,9-10H2,1-3H3/t11-,13-,14+/m0/s1. The molecule has 5 nitrogen and oxygen atoms in total. The van der Waals surface area contributed by atoms with Gasteiger partial charge in [-0.25, -0.2) is 0 Å². The van der Waals surface area contributed by atoms with Crippen LogP contribution in [0.2, 0.25) is 0 Å². The van der Waals surface area contributed by atoms with E-state index >= 15 is 0 Å². The molecular formula is C16H21NO4. The Kier molecular flexibility index (Phi) is 4.96. The van der Waals surface area contributed by atoms with E-state index in [-0.39, 0.29) is 18.0 Å². The SMILES string of the molecule is COC(=O)[C@H]1CC[C@@H](C(=O)OC)N1[C@@H](C)c1ccccc1. The second-order valence-corrected chi connectivity index (χ2v) is 5.19. The van der Waals surface area contributed by atoms with Crippen LogP contribution in [-0.2, 0) is 19.1 Å². The van der Waals surface area contributed by atoms with Crippen LogP contribution in [0.4, 0.5) is 0 Å². The molecule has 0 aliphatic carbocycles. The van der Waals surface area contributed by atoms with E-state index in [1.807, 2.05) is 42.2 Å². The minimum Gasteiger partial charge on any atom is -0.468 e. The number of nitrogens with zero attached hydrogens (tertiary/aromatic N) is 1. The van der Waals surface area contributed by atoms with Gasteiger partial charge in [0.2, 0.25) is 0 Å². The summed E-state index contributed by atoms with van der Waals surface area (Å²) in [5, 5.41) is 0. The molecule has 2 rings (SSSR count). The largest absolute Gasteiger partial charge is 0.468 e. The summed E-state index contributed by atoms with van der Waals surface area (Å²) in [5.41, 5.74) is 1.06. The van der Waals surface area contributed by atoms with Crippen molar-refractivity contribution >= 4 is 11.9 Å². The van der Waals surface area contributed by atoms with Gasteiger partial charge in [0.25, 0.3) is 0 Å².